The summed E-state index contributed by atoms with van der Waals surface area (Å²) >= 11 is 1.79. The van der Waals surface area contributed by atoms with Crippen LogP contribution in [0.5, 0.6) is 0 Å². The Hall–Kier alpha value is -0.580. The minimum Gasteiger partial charge on any atom is -0.312 e. The molecule has 4 nitrogen and oxygen atoms in total. The van der Waals surface area contributed by atoms with Crippen molar-refractivity contribution in [1.29, 1.82) is 0 Å². The van der Waals surface area contributed by atoms with Gasteiger partial charge in [0, 0.05) is 11.5 Å². The SMILES string of the molecule is CN1C(N)C=C=C2C3CCC(N)N=C3SC21. The Morgan fingerprint density at radius 3 is 3.12 bits per heavy atom. The van der Waals surface area contributed by atoms with Crippen molar-refractivity contribution in [1.82, 2.24) is 4.90 Å². The fraction of sp³-hybridized carbons (Fsp3) is 0.636. The lowest BCUT2D eigenvalue weighted by Gasteiger charge is -2.30. The first-order valence-corrected chi connectivity index (χ1v) is 6.49. The molecule has 0 spiro atoms. The second kappa shape index (κ2) is 3.72. The van der Waals surface area contributed by atoms with E-state index in [4.69, 9.17) is 11.5 Å². The lowest BCUT2D eigenvalue weighted by molar-refractivity contribution is 0.279. The normalized spacial score (nSPS) is 42.4. The Labute approximate surface area is 99.5 Å². The monoisotopic (exact) mass is 236 g/mol. The van der Waals surface area contributed by atoms with Gasteiger partial charge < -0.3 is 11.5 Å². The van der Waals surface area contributed by atoms with Gasteiger partial charge in [-0.3, -0.25) is 9.89 Å². The van der Waals surface area contributed by atoms with Gasteiger partial charge in [-0.25, -0.2) is 0 Å². The minimum absolute atomic E-state index is 0.0116. The van der Waals surface area contributed by atoms with Crippen molar-refractivity contribution in [3.63, 3.8) is 0 Å². The average Bonchev–Trinajstić information content (AvgIpc) is 2.62. The number of nitrogens with zero attached hydrogens (tertiary/aromatic N) is 2. The van der Waals surface area contributed by atoms with Gasteiger partial charge in [0.15, 0.2) is 0 Å². The summed E-state index contributed by atoms with van der Waals surface area (Å²) in [6.45, 7) is 0. The first kappa shape index (κ1) is 10.6. The largest absolute Gasteiger partial charge is 0.312 e. The predicted octanol–water partition coefficient (Wildman–Crippen LogP) is 0.464. The van der Waals surface area contributed by atoms with Crippen LogP contribution in [0.15, 0.2) is 22.4 Å². The Bertz CT molecular complexity index is 410. The molecule has 1 fully saturated rings. The van der Waals surface area contributed by atoms with Crippen LogP contribution in [0, 0.1) is 5.92 Å². The van der Waals surface area contributed by atoms with E-state index in [0.717, 1.165) is 12.8 Å². The number of hydrogen-bond acceptors (Lipinski definition) is 5. The fourth-order valence-electron chi connectivity index (χ4n) is 2.46. The van der Waals surface area contributed by atoms with Gasteiger partial charge in [-0.15, -0.1) is 5.73 Å². The van der Waals surface area contributed by atoms with Crippen LogP contribution < -0.4 is 11.5 Å². The van der Waals surface area contributed by atoms with Crippen molar-refractivity contribution < 1.29 is 0 Å². The highest BCUT2D eigenvalue weighted by atomic mass is 32.2. The summed E-state index contributed by atoms with van der Waals surface area (Å²) in [4.78, 5) is 6.71. The van der Waals surface area contributed by atoms with E-state index >= 15 is 0 Å². The van der Waals surface area contributed by atoms with Crippen molar-refractivity contribution in [3.05, 3.63) is 17.4 Å². The van der Waals surface area contributed by atoms with Gasteiger partial charge in [0.2, 0.25) is 0 Å². The van der Waals surface area contributed by atoms with Gasteiger partial charge in [-0.05, 0) is 26.0 Å². The van der Waals surface area contributed by atoms with Gasteiger partial charge in [0.05, 0.1) is 22.7 Å². The summed E-state index contributed by atoms with van der Waals surface area (Å²) in [6, 6.07) is 0. The molecule has 0 radical (unpaired) electrons. The number of nitrogens with two attached hydrogens (primary N) is 2. The van der Waals surface area contributed by atoms with E-state index in [0.29, 0.717) is 11.3 Å². The number of aliphatic imine (C=N–C) groups is 1. The highest BCUT2D eigenvalue weighted by molar-refractivity contribution is 8.15. The van der Waals surface area contributed by atoms with E-state index in [9.17, 15) is 0 Å². The maximum atomic E-state index is 5.97. The molecule has 4 atom stereocenters. The minimum atomic E-state index is -0.0318. The predicted molar refractivity (Wildman–Crippen MR) is 66.8 cm³/mol. The van der Waals surface area contributed by atoms with Crippen LogP contribution in [0.2, 0.25) is 0 Å². The maximum Gasteiger partial charge on any atom is 0.0979 e. The first-order chi connectivity index (χ1) is 7.66. The van der Waals surface area contributed by atoms with Crippen LogP contribution in [0.3, 0.4) is 0 Å². The van der Waals surface area contributed by atoms with E-state index in [1.807, 2.05) is 6.08 Å². The molecule has 0 saturated carbocycles. The zero-order valence-electron chi connectivity index (χ0n) is 9.26. The maximum absolute atomic E-state index is 5.97. The van der Waals surface area contributed by atoms with Crippen molar-refractivity contribution in [2.45, 2.75) is 30.5 Å². The number of fused-ring (bicyclic) bond motifs is 3. The van der Waals surface area contributed by atoms with Crippen LogP contribution in [0.4, 0.5) is 0 Å². The fourth-order valence-corrected chi connectivity index (χ4v) is 3.96. The third kappa shape index (κ3) is 1.48. The second-order valence-corrected chi connectivity index (χ2v) is 5.66. The highest BCUT2D eigenvalue weighted by Gasteiger charge is 2.42. The van der Waals surface area contributed by atoms with Crippen molar-refractivity contribution in [2.24, 2.45) is 22.4 Å². The molecule has 3 rings (SSSR count). The molecule has 4 unspecified atom stereocenters. The van der Waals surface area contributed by atoms with Crippen LogP contribution in [0.1, 0.15) is 12.8 Å². The van der Waals surface area contributed by atoms with Crippen LogP contribution in [-0.4, -0.2) is 34.7 Å². The molecule has 1 saturated heterocycles. The summed E-state index contributed by atoms with van der Waals surface area (Å²) in [5, 5.41) is 1.50. The molecule has 0 bridgehead atoms. The van der Waals surface area contributed by atoms with E-state index in [2.05, 4.69) is 22.7 Å². The van der Waals surface area contributed by atoms with E-state index in [-0.39, 0.29) is 12.3 Å². The van der Waals surface area contributed by atoms with Crippen molar-refractivity contribution >= 4 is 16.8 Å². The third-order valence-corrected chi connectivity index (χ3v) is 4.92. The first-order valence-electron chi connectivity index (χ1n) is 5.61. The van der Waals surface area contributed by atoms with E-state index in [1.54, 1.807) is 11.8 Å². The van der Waals surface area contributed by atoms with Crippen LogP contribution in [-0.2, 0) is 0 Å². The molecule has 3 aliphatic heterocycles. The van der Waals surface area contributed by atoms with Gasteiger partial charge >= 0.3 is 0 Å². The molecular weight excluding hydrogens is 220 g/mol. The third-order valence-electron chi connectivity index (χ3n) is 3.48. The Morgan fingerprint density at radius 1 is 1.50 bits per heavy atom. The van der Waals surface area contributed by atoms with E-state index in [1.165, 1.54) is 10.6 Å². The Balaban J connectivity index is 1.99. The summed E-state index contributed by atoms with van der Waals surface area (Å²) in [7, 11) is 2.05. The molecule has 0 aromatic rings. The molecule has 0 aromatic carbocycles. The molecule has 5 heteroatoms. The van der Waals surface area contributed by atoms with Crippen LogP contribution in [0.25, 0.3) is 0 Å². The standard InChI is InChI=1S/C11H16N4S/c1-15-9(13)5-3-7-6-2-4-8(12)14-10(6)16-11(7)15/h5-6,8-9,11H,2,4,12-13H2,1H3. The number of likely N-dealkylation sites (N-methyl/N-ethyl adjacent to an activating group) is 1. The smallest absolute Gasteiger partial charge is 0.0979 e. The van der Waals surface area contributed by atoms with Gasteiger partial charge in [-0.1, -0.05) is 11.8 Å². The van der Waals surface area contributed by atoms with Crippen molar-refractivity contribution in [2.75, 3.05) is 7.05 Å². The molecular formula is C11H16N4S. The molecule has 4 N–H and O–H groups in total. The summed E-state index contributed by atoms with van der Waals surface area (Å²) in [5.74, 6) is 0.445. The van der Waals surface area contributed by atoms with E-state index < -0.39 is 0 Å². The number of rotatable bonds is 0. The van der Waals surface area contributed by atoms with Crippen molar-refractivity contribution in [3.8, 4) is 0 Å². The molecule has 3 aliphatic rings. The summed E-state index contributed by atoms with van der Waals surface area (Å²) in [5.41, 5.74) is 16.5. The Morgan fingerprint density at radius 2 is 2.31 bits per heavy atom. The quantitative estimate of drug-likeness (QED) is 0.600. The molecule has 86 valence electrons. The lowest BCUT2D eigenvalue weighted by Crippen LogP contribution is -2.44. The topological polar surface area (TPSA) is 67.6 Å². The number of hydrogen-bond donors (Lipinski definition) is 2. The summed E-state index contributed by atoms with van der Waals surface area (Å²) in [6.07, 6.45) is 3.98. The molecule has 16 heavy (non-hydrogen) atoms. The summed E-state index contributed by atoms with van der Waals surface area (Å²) < 4.78 is 0. The molecule has 3 heterocycles. The number of thioether (sulfide) groups is 1. The van der Waals surface area contributed by atoms with Gasteiger partial charge in [0.25, 0.3) is 0 Å². The lowest BCUT2D eigenvalue weighted by atomic mass is 9.91. The average molecular weight is 236 g/mol. The zero-order valence-corrected chi connectivity index (χ0v) is 10.1. The molecule has 0 aromatic heterocycles. The van der Waals surface area contributed by atoms with Gasteiger partial charge in [0.1, 0.15) is 0 Å². The second-order valence-electron chi connectivity index (χ2n) is 4.56. The van der Waals surface area contributed by atoms with Gasteiger partial charge in [-0.2, -0.15) is 0 Å². The highest BCUT2D eigenvalue weighted by Crippen LogP contribution is 2.45. The molecule has 0 aliphatic carbocycles. The molecule has 0 amide bonds. The zero-order chi connectivity index (χ0) is 11.3. The Kier molecular flexibility index (Phi) is 2.46. The van der Waals surface area contributed by atoms with Crippen LogP contribution >= 0.6 is 11.8 Å².